The average molecular weight is 955 g/mol. The van der Waals surface area contributed by atoms with Gasteiger partial charge >= 0.3 is 11.9 Å². The highest BCUT2D eigenvalue weighted by Gasteiger charge is 2.53. The first-order chi connectivity index (χ1) is 32.6. The molecule has 5 aromatic rings. The van der Waals surface area contributed by atoms with Crippen LogP contribution in [0.2, 0.25) is 0 Å². The molecular formula is C45H46O23. The lowest BCUT2D eigenvalue weighted by Crippen LogP contribution is -2.65. The topological polar surface area (TPSA) is 361 Å². The summed E-state index contributed by atoms with van der Waals surface area (Å²) in [4.78, 5) is 39.6. The first-order valence-electron chi connectivity index (χ1n) is 21.0. The summed E-state index contributed by atoms with van der Waals surface area (Å²) < 4.78 is 51.7. The molecule has 3 aliphatic rings. The number of hydrogen-bond acceptors (Lipinski definition) is 23. The Morgan fingerprint density at radius 3 is 1.68 bits per heavy atom. The normalized spacial score (nSPS) is 31.8. The van der Waals surface area contributed by atoms with Crippen molar-refractivity contribution in [2.24, 2.45) is 0 Å². The van der Waals surface area contributed by atoms with E-state index in [1.807, 2.05) is 0 Å². The Bertz CT molecular complexity index is 2620. The Morgan fingerprint density at radius 1 is 0.529 bits per heavy atom. The van der Waals surface area contributed by atoms with Crippen molar-refractivity contribution >= 4 is 33.9 Å². The third kappa shape index (κ3) is 9.65. The molecule has 0 saturated carbocycles. The van der Waals surface area contributed by atoms with E-state index in [4.69, 9.17) is 42.3 Å². The number of carbonyl (C=O) groups excluding carboxylic acids is 2. The van der Waals surface area contributed by atoms with Gasteiger partial charge in [-0.3, -0.25) is 4.79 Å². The highest BCUT2D eigenvalue weighted by molar-refractivity contribution is 5.93. The quantitative estimate of drug-likeness (QED) is 0.0461. The lowest BCUT2D eigenvalue weighted by molar-refractivity contribution is -0.352. The van der Waals surface area contributed by atoms with Gasteiger partial charge in [-0.1, -0.05) is 6.07 Å². The molecule has 0 aliphatic carbocycles. The number of phenolic OH excluding ortho intramolecular Hbond substituents is 2. The maximum atomic E-state index is 13.8. The van der Waals surface area contributed by atoms with Crippen LogP contribution in [0.3, 0.4) is 0 Å². The van der Waals surface area contributed by atoms with Crippen molar-refractivity contribution in [3.05, 3.63) is 106 Å². The minimum Gasteiger partial charge on any atom is -0.508 e. The van der Waals surface area contributed by atoms with Crippen LogP contribution in [0.1, 0.15) is 20.7 Å². The van der Waals surface area contributed by atoms with Crippen LogP contribution in [0.25, 0.3) is 21.9 Å². The molecule has 3 saturated heterocycles. The number of aromatic hydroxyl groups is 2. The van der Waals surface area contributed by atoms with Gasteiger partial charge in [0.2, 0.25) is 18.0 Å². The Morgan fingerprint density at radius 2 is 1.06 bits per heavy atom. The van der Waals surface area contributed by atoms with Gasteiger partial charge in [-0.2, -0.15) is 0 Å². The summed E-state index contributed by atoms with van der Waals surface area (Å²) in [5.74, 6) is -2.52. The zero-order chi connectivity index (χ0) is 48.6. The summed E-state index contributed by atoms with van der Waals surface area (Å²) in [6.45, 7) is -2.50. The number of para-hydroxylation sites is 1. The van der Waals surface area contributed by atoms with Gasteiger partial charge in [0.25, 0.3) is 0 Å². The molecule has 1 aromatic heterocycles. The summed E-state index contributed by atoms with van der Waals surface area (Å²) in [5.41, 5.74) is -0.919. The van der Waals surface area contributed by atoms with E-state index in [0.717, 1.165) is 0 Å². The predicted molar refractivity (Wildman–Crippen MR) is 224 cm³/mol. The number of rotatable bonds is 13. The van der Waals surface area contributed by atoms with Crippen LogP contribution >= 0.6 is 0 Å². The van der Waals surface area contributed by atoms with Gasteiger partial charge < -0.3 is 98.5 Å². The number of aliphatic hydroxyl groups excluding tert-OH is 9. The van der Waals surface area contributed by atoms with Crippen molar-refractivity contribution in [1.29, 1.82) is 0 Å². The fourth-order valence-corrected chi connectivity index (χ4v) is 7.89. The van der Waals surface area contributed by atoms with Crippen molar-refractivity contribution < 1.29 is 108 Å². The van der Waals surface area contributed by atoms with Crippen molar-refractivity contribution in [3.63, 3.8) is 0 Å². The van der Waals surface area contributed by atoms with Crippen LogP contribution in [0.5, 0.6) is 23.0 Å². The maximum Gasteiger partial charge on any atom is 0.338 e. The number of phenols is 2. The van der Waals surface area contributed by atoms with E-state index in [-0.39, 0.29) is 56.1 Å². The highest BCUT2D eigenvalue weighted by atomic mass is 16.7. The van der Waals surface area contributed by atoms with Gasteiger partial charge in [0.05, 0.1) is 41.7 Å². The monoisotopic (exact) mass is 954 g/mol. The number of esters is 2. The Labute approximate surface area is 382 Å². The van der Waals surface area contributed by atoms with Crippen LogP contribution in [0, 0.1) is 0 Å². The summed E-state index contributed by atoms with van der Waals surface area (Å²) in [6, 6.07) is 18.0. The Hall–Kier alpha value is -6.03. The average Bonchev–Trinajstić information content (AvgIpc) is 3.33. The molecule has 4 aromatic carbocycles. The molecule has 11 N–H and O–H groups in total. The zero-order valence-corrected chi connectivity index (χ0v) is 35.2. The molecule has 3 aliphatic heterocycles. The highest BCUT2D eigenvalue weighted by Crippen LogP contribution is 2.35. The molecule has 8 rings (SSSR count). The molecular weight excluding hydrogens is 908 g/mol. The third-order valence-electron chi connectivity index (χ3n) is 11.6. The molecule has 68 heavy (non-hydrogen) atoms. The largest absolute Gasteiger partial charge is 0.508 e. The van der Waals surface area contributed by atoms with Gasteiger partial charge in [-0.05, 0) is 72.8 Å². The van der Waals surface area contributed by atoms with Crippen LogP contribution in [-0.4, -0.2) is 180 Å². The summed E-state index contributed by atoms with van der Waals surface area (Å²) in [7, 11) is 0. The van der Waals surface area contributed by atoms with Gasteiger partial charge in [-0.15, -0.1) is 0 Å². The van der Waals surface area contributed by atoms with Gasteiger partial charge in [-0.25, -0.2) is 9.59 Å². The van der Waals surface area contributed by atoms with E-state index in [0.29, 0.717) is 0 Å². The summed E-state index contributed by atoms with van der Waals surface area (Å²) in [6.07, 6.45) is -26.0. The minimum absolute atomic E-state index is 0.00194. The second-order valence-corrected chi connectivity index (χ2v) is 16.0. The maximum absolute atomic E-state index is 13.8. The molecule has 23 nitrogen and oxygen atoms in total. The van der Waals surface area contributed by atoms with E-state index >= 15 is 0 Å². The molecule has 0 radical (unpaired) electrons. The van der Waals surface area contributed by atoms with Crippen molar-refractivity contribution in [1.82, 2.24) is 0 Å². The van der Waals surface area contributed by atoms with Gasteiger partial charge in [0.15, 0.2) is 29.8 Å². The van der Waals surface area contributed by atoms with Crippen molar-refractivity contribution in [2.45, 2.75) is 92.1 Å². The van der Waals surface area contributed by atoms with E-state index < -0.39 is 129 Å². The minimum atomic E-state index is -1.98. The molecule has 0 bridgehead atoms. The van der Waals surface area contributed by atoms with Gasteiger partial charge in [0.1, 0.15) is 83.9 Å². The van der Waals surface area contributed by atoms with E-state index in [1.54, 1.807) is 0 Å². The van der Waals surface area contributed by atoms with Crippen molar-refractivity contribution in [2.75, 3.05) is 19.8 Å². The number of hydrogen-bond donors (Lipinski definition) is 11. The fourth-order valence-electron chi connectivity index (χ4n) is 7.89. The van der Waals surface area contributed by atoms with E-state index in [2.05, 4.69) is 0 Å². The molecule has 364 valence electrons. The zero-order valence-electron chi connectivity index (χ0n) is 35.2. The molecule has 0 unspecified atom stereocenters. The molecule has 3 fully saturated rings. The smallest absolute Gasteiger partial charge is 0.338 e. The second kappa shape index (κ2) is 20.3. The van der Waals surface area contributed by atoms with E-state index in [9.17, 15) is 70.6 Å². The molecule has 15 atom stereocenters. The van der Waals surface area contributed by atoms with Crippen molar-refractivity contribution in [3.8, 4) is 23.0 Å². The number of benzene rings is 4. The Kier molecular flexibility index (Phi) is 14.4. The first kappa shape index (κ1) is 48.4. The fraction of sp³-hybridized carbons (Fsp3) is 0.400. The first-order valence-corrected chi connectivity index (χ1v) is 21.0. The standard InChI is InChI=1S/C45H46O23/c46-15-27-31(52)32(53)40(67-42(59)19-6-10-21(50)11-7-19)45(63-27)62-25-3-1-2-24-30(51)23-13-12-22(14-26(23)61-37(24)25)60-43-35(56)34(55)39(29(17-48)64-43)68-44-36(57)33(54)38(28(16-47)65-44)66-41(58)18-4-8-20(49)9-5-18/h1-14,27-29,31-36,38-40,43-50,52-57H,15-17H2/t27-,28-,29-,31-,32+,33-,34-,35-,36-,38-,39-,40-,43-,44+,45-/m1/s1. The SMILES string of the molecule is O=C(O[C@H]1[C@H](Oc2cccc3c(=O)c4ccc(O[C@@H]5O[C@H](CO)[C@@H](O[C@@H]6O[C@H](CO)[C@@H](OC(=O)c7ccc(O)cc7)[C@H](O)[C@H]6O)[C@H](O)[C@H]5O)cc4oc23)O[C@H](CO)[C@@H](O)[C@@H]1O)c1ccc(O)cc1. The van der Waals surface area contributed by atoms with Crippen LogP contribution in [0.4, 0.5) is 0 Å². The van der Waals surface area contributed by atoms with E-state index in [1.165, 1.54) is 84.9 Å². The number of aliphatic hydroxyl groups is 9. The van der Waals surface area contributed by atoms with Gasteiger partial charge in [0, 0.05) is 6.07 Å². The molecule has 4 heterocycles. The summed E-state index contributed by atoms with van der Waals surface area (Å²) >= 11 is 0. The second-order valence-electron chi connectivity index (χ2n) is 16.0. The van der Waals surface area contributed by atoms with Crippen LogP contribution in [0.15, 0.2) is 94.1 Å². The van der Waals surface area contributed by atoms with Crippen LogP contribution < -0.4 is 14.9 Å². The Balaban J connectivity index is 0.985. The number of fused-ring (bicyclic) bond motifs is 2. The lowest BCUT2D eigenvalue weighted by atomic mass is 9.96. The van der Waals surface area contributed by atoms with Crippen LogP contribution in [-0.2, 0) is 28.4 Å². The molecule has 23 heteroatoms. The molecule has 0 spiro atoms. The number of ether oxygens (including phenoxy) is 8. The lowest BCUT2D eigenvalue weighted by Gasteiger charge is -2.46. The number of carbonyl (C=O) groups is 2. The summed E-state index contributed by atoms with van der Waals surface area (Å²) in [5, 5.41) is 115. The predicted octanol–water partition coefficient (Wildman–Crippen LogP) is -1.73. The third-order valence-corrected chi connectivity index (χ3v) is 11.6. The molecule has 0 amide bonds.